The number of nitrogens with one attached hydrogen (secondary N) is 1. The SMILES string of the molecule is CCN(Cc1cccc(Nc2ccc(F)cc2S(=O)(=O)C(F)(F)F)c1)C(C)=O. The molecular formula is C18H18F4N2O3S. The Morgan fingerprint density at radius 1 is 1.14 bits per heavy atom. The zero-order valence-corrected chi connectivity index (χ0v) is 15.9. The van der Waals surface area contributed by atoms with Crippen molar-refractivity contribution in [2.45, 2.75) is 30.8 Å². The van der Waals surface area contributed by atoms with Gasteiger partial charge in [0.2, 0.25) is 5.91 Å². The molecule has 0 saturated heterocycles. The Morgan fingerprint density at radius 2 is 1.82 bits per heavy atom. The number of rotatable bonds is 6. The Morgan fingerprint density at radius 3 is 2.39 bits per heavy atom. The maximum absolute atomic E-state index is 13.4. The average molecular weight is 418 g/mol. The van der Waals surface area contributed by atoms with Crippen LogP contribution in [-0.2, 0) is 21.2 Å². The van der Waals surface area contributed by atoms with E-state index in [-0.39, 0.29) is 12.5 Å². The van der Waals surface area contributed by atoms with Crippen molar-refractivity contribution in [1.82, 2.24) is 4.90 Å². The van der Waals surface area contributed by atoms with Gasteiger partial charge in [-0.15, -0.1) is 0 Å². The minimum absolute atomic E-state index is 0.141. The van der Waals surface area contributed by atoms with E-state index in [4.69, 9.17) is 0 Å². The zero-order valence-electron chi connectivity index (χ0n) is 15.0. The molecule has 0 saturated carbocycles. The fraction of sp³-hybridized carbons (Fsp3) is 0.278. The summed E-state index contributed by atoms with van der Waals surface area (Å²) in [5, 5.41) is 2.59. The Hall–Kier alpha value is -2.62. The van der Waals surface area contributed by atoms with Crippen LogP contribution in [0, 0.1) is 5.82 Å². The lowest BCUT2D eigenvalue weighted by molar-refractivity contribution is -0.129. The molecule has 0 radical (unpaired) electrons. The third kappa shape index (κ3) is 4.80. The quantitative estimate of drug-likeness (QED) is 0.713. The van der Waals surface area contributed by atoms with E-state index in [2.05, 4.69) is 5.32 Å². The van der Waals surface area contributed by atoms with Crippen LogP contribution in [0.5, 0.6) is 0 Å². The molecule has 0 aliphatic heterocycles. The number of alkyl halides is 3. The van der Waals surface area contributed by atoms with Crippen molar-refractivity contribution in [3.05, 3.63) is 53.8 Å². The smallest absolute Gasteiger partial charge is 0.354 e. The third-order valence-corrected chi connectivity index (χ3v) is 5.47. The number of anilines is 2. The number of carbonyl (C=O) groups is 1. The summed E-state index contributed by atoms with van der Waals surface area (Å²) < 4.78 is 75.7. The number of halogens is 4. The molecule has 0 fully saturated rings. The molecule has 2 aromatic carbocycles. The molecule has 0 aliphatic rings. The van der Waals surface area contributed by atoms with E-state index in [0.717, 1.165) is 12.1 Å². The van der Waals surface area contributed by atoms with E-state index in [9.17, 15) is 30.8 Å². The van der Waals surface area contributed by atoms with Crippen LogP contribution in [-0.4, -0.2) is 31.3 Å². The summed E-state index contributed by atoms with van der Waals surface area (Å²) in [7, 11) is -5.75. The normalized spacial score (nSPS) is 11.9. The van der Waals surface area contributed by atoms with Gasteiger partial charge in [-0.3, -0.25) is 4.79 Å². The highest BCUT2D eigenvalue weighted by Gasteiger charge is 2.48. The highest BCUT2D eigenvalue weighted by molar-refractivity contribution is 7.92. The van der Waals surface area contributed by atoms with E-state index in [1.807, 2.05) is 0 Å². The van der Waals surface area contributed by atoms with Crippen LogP contribution in [0.25, 0.3) is 0 Å². The first kappa shape index (κ1) is 21.7. The standard InChI is InChI=1S/C18H18F4N2O3S/c1-3-24(12(2)25)11-13-5-4-6-15(9-13)23-16-8-7-14(19)10-17(16)28(26,27)18(20,21)22/h4-10,23H,3,11H2,1-2H3. The Kier molecular flexibility index (Phi) is 6.33. The summed E-state index contributed by atoms with van der Waals surface area (Å²) in [6.45, 7) is 3.96. The molecule has 0 unspecified atom stereocenters. The van der Waals surface area contributed by atoms with Crippen LogP contribution < -0.4 is 5.32 Å². The van der Waals surface area contributed by atoms with E-state index < -0.39 is 31.7 Å². The summed E-state index contributed by atoms with van der Waals surface area (Å²) in [5.41, 5.74) is -5.00. The summed E-state index contributed by atoms with van der Waals surface area (Å²) in [4.78, 5) is 11.9. The molecule has 28 heavy (non-hydrogen) atoms. The largest absolute Gasteiger partial charge is 0.501 e. The minimum atomic E-state index is -5.75. The summed E-state index contributed by atoms with van der Waals surface area (Å²) in [6.07, 6.45) is 0. The van der Waals surface area contributed by atoms with Gasteiger partial charge in [0, 0.05) is 25.7 Å². The predicted molar refractivity (Wildman–Crippen MR) is 96.1 cm³/mol. The van der Waals surface area contributed by atoms with Crippen LogP contribution in [0.3, 0.4) is 0 Å². The molecule has 0 aliphatic carbocycles. The van der Waals surface area contributed by atoms with Crippen LogP contribution in [0.15, 0.2) is 47.4 Å². The highest BCUT2D eigenvalue weighted by Crippen LogP contribution is 2.36. The second kappa shape index (κ2) is 8.17. The molecule has 5 nitrogen and oxygen atoms in total. The molecule has 10 heteroatoms. The second-order valence-electron chi connectivity index (χ2n) is 5.95. The van der Waals surface area contributed by atoms with Crippen LogP contribution in [0.4, 0.5) is 28.9 Å². The fourth-order valence-electron chi connectivity index (χ4n) is 2.52. The van der Waals surface area contributed by atoms with Gasteiger partial charge in [0.05, 0.1) is 5.69 Å². The second-order valence-corrected chi connectivity index (χ2v) is 7.86. The lowest BCUT2D eigenvalue weighted by Gasteiger charge is -2.19. The first-order chi connectivity index (χ1) is 13.0. The maximum atomic E-state index is 13.4. The molecule has 1 amide bonds. The predicted octanol–water partition coefficient (Wildman–Crippen LogP) is 4.23. The molecule has 0 heterocycles. The fourth-order valence-corrected chi connectivity index (χ4v) is 3.44. The third-order valence-electron chi connectivity index (χ3n) is 3.94. The van der Waals surface area contributed by atoms with Crippen molar-refractivity contribution in [2.75, 3.05) is 11.9 Å². The van der Waals surface area contributed by atoms with Crippen LogP contribution >= 0.6 is 0 Å². The van der Waals surface area contributed by atoms with Crippen molar-refractivity contribution in [3.8, 4) is 0 Å². The number of carbonyl (C=O) groups excluding carboxylic acids is 1. The van der Waals surface area contributed by atoms with Gasteiger partial charge in [-0.1, -0.05) is 12.1 Å². The number of hydrogen-bond acceptors (Lipinski definition) is 4. The Balaban J connectivity index is 2.40. The van der Waals surface area contributed by atoms with E-state index in [1.54, 1.807) is 30.0 Å². The van der Waals surface area contributed by atoms with E-state index in [0.29, 0.717) is 23.9 Å². The molecular weight excluding hydrogens is 400 g/mol. The van der Waals surface area contributed by atoms with Gasteiger partial charge >= 0.3 is 5.51 Å². The lowest BCUT2D eigenvalue weighted by Crippen LogP contribution is -2.27. The van der Waals surface area contributed by atoms with Crippen molar-refractivity contribution in [2.24, 2.45) is 0 Å². The molecule has 0 aromatic heterocycles. The van der Waals surface area contributed by atoms with Gasteiger partial charge < -0.3 is 10.2 Å². The van der Waals surface area contributed by atoms with E-state index in [1.165, 1.54) is 13.0 Å². The van der Waals surface area contributed by atoms with Gasteiger partial charge in [-0.25, -0.2) is 12.8 Å². The maximum Gasteiger partial charge on any atom is 0.501 e. The van der Waals surface area contributed by atoms with Gasteiger partial charge in [-0.2, -0.15) is 13.2 Å². The molecule has 0 spiro atoms. The number of sulfone groups is 1. The number of amides is 1. The molecule has 152 valence electrons. The van der Waals surface area contributed by atoms with Crippen molar-refractivity contribution in [3.63, 3.8) is 0 Å². The molecule has 1 N–H and O–H groups in total. The lowest BCUT2D eigenvalue weighted by atomic mass is 10.1. The number of benzene rings is 2. The van der Waals surface area contributed by atoms with Crippen LogP contribution in [0.1, 0.15) is 19.4 Å². The highest BCUT2D eigenvalue weighted by atomic mass is 32.2. The Bertz CT molecular complexity index is 975. The van der Waals surface area contributed by atoms with Crippen LogP contribution in [0.2, 0.25) is 0 Å². The molecule has 2 rings (SSSR count). The van der Waals surface area contributed by atoms with Gasteiger partial charge in [0.25, 0.3) is 9.84 Å². The number of hydrogen-bond donors (Lipinski definition) is 1. The zero-order chi connectivity index (χ0) is 21.1. The van der Waals surface area contributed by atoms with Crippen molar-refractivity contribution >= 4 is 27.1 Å². The summed E-state index contributed by atoms with van der Waals surface area (Å²) >= 11 is 0. The van der Waals surface area contributed by atoms with E-state index >= 15 is 0 Å². The van der Waals surface area contributed by atoms with Crippen molar-refractivity contribution in [1.29, 1.82) is 0 Å². The Labute approximate surface area is 159 Å². The minimum Gasteiger partial charge on any atom is -0.354 e. The number of nitrogens with zero attached hydrogens (tertiary/aromatic N) is 1. The monoisotopic (exact) mass is 418 g/mol. The average Bonchev–Trinajstić information content (AvgIpc) is 2.60. The van der Waals surface area contributed by atoms with Crippen molar-refractivity contribution < 1.29 is 30.8 Å². The van der Waals surface area contributed by atoms with Gasteiger partial charge in [0.1, 0.15) is 10.7 Å². The van der Waals surface area contributed by atoms with Gasteiger partial charge in [0.15, 0.2) is 0 Å². The first-order valence-corrected chi connectivity index (χ1v) is 9.66. The summed E-state index contributed by atoms with van der Waals surface area (Å²) in [5.74, 6) is -1.25. The molecule has 0 bridgehead atoms. The molecule has 2 aromatic rings. The topological polar surface area (TPSA) is 66.5 Å². The summed E-state index contributed by atoms with van der Waals surface area (Å²) in [6, 6.07) is 8.51. The first-order valence-electron chi connectivity index (χ1n) is 8.18. The van der Waals surface area contributed by atoms with Gasteiger partial charge in [-0.05, 0) is 42.8 Å². The molecule has 0 atom stereocenters.